The zero-order valence-electron chi connectivity index (χ0n) is 18.0. The first kappa shape index (κ1) is 22.5. The number of amides is 2. The Hall–Kier alpha value is -3.18. The molecule has 2 amide bonds. The largest absolute Gasteiger partial charge is 0.322 e. The van der Waals surface area contributed by atoms with E-state index >= 15 is 0 Å². The summed E-state index contributed by atoms with van der Waals surface area (Å²) in [5.74, 6) is -0.936. The van der Waals surface area contributed by atoms with Crippen molar-refractivity contribution in [2.45, 2.75) is 27.7 Å². The number of rotatable bonds is 5. The summed E-state index contributed by atoms with van der Waals surface area (Å²) in [7, 11) is 0. The topological polar surface area (TPSA) is 58.2 Å². The molecule has 0 aliphatic rings. The number of hydrogen-bond donors (Lipinski definition) is 2. The van der Waals surface area contributed by atoms with Crippen molar-refractivity contribution in [1.82, 2.24) is 0 Å². The molecular formula is C26H25BrN2O2. The van der Waals surface area contributed by atoms with E-state index in [1.807, 2.05) is 88.4 Å². The molecule has 3 aromatic carbocycles. The molecule has 0 aliphatic heterocycles. The molecule has 0 aromatic heterocycles. The van der Waals surface area contributed by atoms with Crippen LogP contribution in [0.2, 0.25) is 0 Å². The Balaban J connectivity index is 1.93. The van der Waals surface area contributed by atoms with E-state index in [4.69, 9.17) is 0 Å². The summed E-state index contributed by atoms with van der Waals surface area (Å²) in [6, 6.07) is 18.8. The Morgan fingerprint density at radius 3 is 1.68 bits per heavy atom. The van der Waals surface area contributed by atoms with E-state index in [-0.39, 0.29) is 5.57 Å². The molecule has 5 heteroatoms. The third-order valence-corrected chi connectivity index (χ3v) is 5.67. The van der Waals surface area contributed by atoms with Gasteiger partial charge in [-0.2, -0.15) is 0 Å². The van der Waals surface area contributed by atoms with E-state index in [9.17, 15) is 9.59 Å². The third-order valence-electron chi connectivity index (χ3n) is 5.18. The summed E-state index contributed by atoms with van der Waals surface area (Å²) in [4.78, 5) is 26.2. The van der Waals surface area contributed by atoms with E-state index in [2.05, 4.69) is 26.6 Å². The monoisotopic (exact) mass is 476 g/mol. The van der Waals surface area contributed by atoms with Crippen LogP contribution in [0.5, 0.6) is 0 Å². The minimum absolute atomic E-state index is 0.0227. The minimum Gasteiger partial charge on any atom is -0.322 e. The first-order chi connectivity index (χ1) is 14.7. The fourth-order valence-corrected chi connectivity index (χ4v) is 3.45. The average molecular weight is 477 g/mol. The predicted molar refractivity (Wildman–Crippen MR) is 131 cm³/mol. The zero-order valence-corrected chi connectivity index (χ0v) is 19.6. The Bertz CT molecular complexity index is 1110. The van der Waals surface area contributed by atoms with Gasteiger partial charge in [0.15, 0.2) is 0 Å². The number of hydrogen-bond acceptors (Lipinski definition) is 2. The fraction of sp³-hybridized carbons (Fsp3) is 0.154. The molecule has 0 atom stereocenters. The quantitative estimate of drug-likeness (QED) is 0.256. The van der Waals surface area contributed by atoms with E-state index < -0.39 is 11.8 Å². The van der Waals surface area contributed by atoms with Gasteiger partial charge >= 0.3 is 0 Å². The second-order valence-corrected chi connectivity index (χ2v) is 8.54. The van der Waals surface area contributed by atoms with Crippen LogP contribution >= 0.6 is 15.9 Å². The molecule has 2 N–H and O–H groups in total. The molecule has 0 spiro atoms. The smallest absolute Gasteiger partial charge is 0.261 e. The van der Waals surface area contributed by atoms with Crippen molar-refractivity contribution in [1.29, 1.82) is 0 Å². The number of benzene rings is 3. The number of halogens is 1. The van der Waals surface area contributed by atoms with Crippen LogP contribution in [-0.2, 0) is 9.59 Å². The lowest BCUT2D eigenvalue weighted by Gasteiger charge is -2.12. The normalized spacial score (nSPS) is 10.4. The Morgan fingerprint density at radius 2 is 1.23 bits per heavy atom. The van der Waals surface area contributed by atoms with Gasteiger partial charge in [-0.25, -0.2) is 0 Å². The molecule has 0 radical (unpaired) electrons. The predicted octanol–water partition coefficient (Wildman–Crippen LogP) is 6.34. The number of nitrogens with one attached hydrogen (secondary N) is 2. The summed E-state index contributed by atoms with van der Waals surface area (Å²) in [5.41, 5.74) is 6.46. The zero-order chi connectivity index (χ0) is 22.5. The molecule has 0 unspecified atom stereocenters. The van der Waals surface area contributed by atoms with Crippen LogP contribution in [-0.4, -0.2) is 11.8 Å². The highest BCUT2D eigenvalue weighted by Gasteiger charge is 2.19. The van der Waals surface area contributed by atoms with Gasteiger partial charge < -0.3 is 10.6 Å². The van der Waals surface area contributed by atoms with Crippen LogP contribution in [0.15, 0.2) is 70.7 Å². The molecule has 0 heterocycles. The molecule has 0 saturated heterocycles. The second kappa shape index (κ2) is 9.75. The van der Waals surface area contributed by atoms with Gasteiger partial charge in [0.05, 0.1) is 0 Å². The average Bonchev–Trinajstić information content (AvgIpc) is 2.71. The Kier molecular flexibility index (Phi) is 7.08. The van der Waals surface area contributed by atoms with E-state index in [0.717, 1.165) is 32.3 Å². The van der Waals surface area contributed by atoms with Crippen molar-refractivity contribution in [3.8, 4) is 0 Å². The lowest BCUT2D eigenvalue weighted by molar-refractivity contribution is -0.118. The van der Waals surface area contributed by atoms with Gasteiger partial charge in [0.1, 0.15) is 5.57 Å². The van der Waals surface area contributed by atoms with Crippen molar-refractivity contribution in [2.75, 3.05) is 10.6 Å². The van der Waals surface area contributed by atoms with E-state index in [0.29, 0.717) is 11.4 Å². The van der Waals surface area contributed by atoms with Gasteiger partial charge in [-0.15, -0.1) is 0 Å². The van der Waals surface area contributed by atoms with Crippen molar-refractivity contribution < 1.29 is 9.59 Å². The molecular weight excluding hydrogens is 452 g/mol. The first-order valence-corrected chi connectivity index (χ1v) is 10.8. The molecule has 0 fully saturated rings. The molecule has 3 rings (SSSR count). The number of anilines is 2. The molecule has 3 aromatic rings. The van der Waals surface area contributed by atoms with Gasteiger partial charge in [-0.1, -0.05) is 40.2 Å². The van der Waals surface area contributed by atoms with Gasteiger partial charge in [-0.3, -0.25) is 9.59 Å². The molecule has 31 heavy (non-hydrogen) atoms. The van der Waals surface area contributed by atoms with Crippen LogP contribution in [0.4, 0.5) is 11.4 Å². The van der Waals surface area contributed by atoms with Crippen molar-refractivity contribution >= 4 is 45.2 Å². The van der Waals surface area contributed by atoms with E-state index in [1.54, 1.807) is 6.08 Å². The Labute approximate surface area is 191 Å². The van der Waals surface area contributed by atoms with Crippen LogP contribution in [0.25, 0.3) is 6.08 Å². The maximum Gasteiger partial charge on any atom is 0.261 e. The second-order valence-electron chi connectivity index (χ2n) is 7.62. The van der Waals surface area contributed by atoms with E-state index in [1.165, 1.54) is 0 Å². The summed E-state index contributed by atoms with van der Waals surface area (Å²) in [5, 5.41) is 5.70. The lowest BCUT2D eigenvalue weighted by Crippen LogP contribution is -2.25. The number of carbonyl (C=O) groups is 2. The van der Waals surface area contributed by atoms with Crippen LogP contribution in [0.3, 0.4) is 0 Å². The fourth-order valence-electron chi connectivity index (χ4n) is 3.03. The van der Waals surface area contributed by atoms with Crippen LogP contribution in [0, 0.1) is 27.7 Å². The van der Waals surface area contributed by atoms with Gasteiger partial charge in [0.25, 0.3) is 11.8 Å². The molecule has 0 aliphatic carbocycles. The minimum atomic E-state index is -0.468. The molecule has 0 bridgehead atoms. The summed E-state index contributed by atoms with van der Waals surface area (Å²) in [6.45, 7) is 7.98. The molecule has 4 nitrogen and oxygen atoms in total. The lowest BCUT2D eigenvalue weighted by atomic mass is 10.1. The van der Waals surface area contributed by atoms with Crippen LogP contribution < -0.4 is 10.6 Å². The summed E-state index contributed by atoms with van der Waals surface area (Å²) in [6.07, 6.45) is 1.59. The van der Waals surface area contributed by atoms with Gasteiger partial charge in [0, 0.05) is 15.8 Å². The van der Waals surface area contributed by atoms with Crippen LogP contribution in [0.1, 0.15) is 27.8 Å². The maximum atomic E-state index is 13.1. The summed E-state index contributed by atoms with van der Waals surface area (Å²) < 4.78 is 0.865. The van der Waals surface area contributed by atoms with Crippen molar-refractivity contribution in [3.63, 3.8) is 0 Å². The van der Waals surface area contributed by atoms with Gasteiger partial charge in [-0.05, 0) is 98.0 Å². The highest BCUT2D eigenvalue weighted by Crippen LogP contribution is 2.20. The van der Waals surface area contributed by atoms with Crippen molar-refractivity contribution in [3.05, 3.63) is 98.5 Å². The maximum absolute atomic E-state index is 13.1. The number of aryl methyl sites for hydroxylation is 4. The van der Waals surface area contributed by atoms with Gasteiger partial charge in [0.2, 0.25) is 0 Å². The highest BCUT2D eigenvalue weighted by molar-refractivity contribution is 9.10. The highest BCUT2D eigenvalue weighted by atomic mass is 79.9. The third kappa shape index (κ3) is 5.92. The molecule has 158 valence electrons. The number of carbonyl (C=O) groups excluding carboxylic acids is 2. The summed E-state index contributed by atoms with van der Waals surface area (Å²) >= 11 is 3.43. The standard InChI is InChI=1S/C26H25BrN2O2/c1-16-8-10-22(12-18(16)3)28-25(30)24(15-20-6-5-7-21(27)14-20)26(31)29-23-11-9-17(2)19(4)13-23/h5-15H,1-4H3,(H,28,30)(H,29,31). The first-order valence-electron chi connectivity index (χ1n) is 9.97. The Morgan fingerprint density at radius 1 is 0.710 bits per heavy atom. The molecule has 0 saturated carbocycles. The van der Waals surface area contributed by atoms with Crippen molar-refractivity contribution in [2.24, 2.45) is 0 Å². The SMILES string of the molecule is Cc1ccc(NC(=O)C(=Cc2cccc(Br)c2)C(=O)Nc2ccc(C)c(C)c2)cc1C.